The first-order valence-electron chi connectivity index (χ1n) is 20.0. The van der Waals surface area contributed by atoms with Gasteiger partial charge < -0.3 is 24.6 Å². The topological polar surface area (TPSA) is 149 Å². The standard InChI is InChI=1S/C38H75O10P/c1-3-5-7-9-11-13-14-15-16-17-18-19-20-21-22-24-26-28-30-38(42)48-36(34-47-49(43,44)46-32-35(40)31-39)33-45-37(41)29-27-25-23-12-10-8-6-4-2/h35-36,39-40H,3-34H2,1-2H3,(H,43,44)/t35-,36+/m0/s1. The fraction of sp³-hybridized carbons (Fsp3) is 0.947. The number of carbonyl (C=O) groups is 2. The van der Waals surface area contributed by atoms with Crippen LogP contribution in [0.1, 0.15) is 194 Å². The quantitative estimate of drug-likeness (QED) is 0.0319. The molecule has 0 aromatic heterocycles. The van der Waals surface area contributed by atoms with E-state index < -0.39 is 51.8 Å². The minimum atomic E-state index is -4.60. The Morgan fingerprint density at radius 2 is 0.878 bits per heavy atom. The normalized spacial score (nSPS) is 14.0. The van der Waals surface area contributed by atoms with Gasteiger partial charge >= 0.3 is 19.8 Å². The Morgan fingerprint density at radius 1 is 0.531 bits per heavy atom. The number of phosphoric ester groups is 1. The maximum atomic E-state index is 12.5. The van der Waals surface area contributed by atoms with Crippen molar-refractivity contribution in [3.8, 4) is 0 Å². The Hall–Kier alpha value is -1.03. The van der Waals surface area contributed by atoms with Crippen molar-refractivity contribution < 1.29 is 47.8 Å². The van der Waals surface area contributed by atoms with E-state index in [4.69, 9.17) is 19.1 Å². The zero-order valence-corrected chi connectivity index (χ0v) is 32.3. The van der Waals surface area contributed by atoms with Crippen molar-refractivity contribution >= 4 is 19.8 Å². The van der Waals surface area contributed by atoms with Crippen LogP contribution in [0, 0.1) is 0 Å². The third-order valence-electron chi connectivity index (χ3n) is 8.76. The van der Waals surface area contributed by atoms with Crippen LogP contribution in [0.4, 0.5) is 0 Å². The summed E-state index contributed by atoms with van der Waals surface area (Å²) in [4.78, 5) is 34.7. The van der Waals surface area contributed by atoms with Crippen molar-refractivity contribution in [3.05, 3.63) is 0 Å². The maximum absolute atomic E-state index is 12.5. The van der Waals surface area contributed by atoms with Crippen LogP contribution in [-0.2, 0) is 32.7 Å². The van der Waals surface area contributed by atoms with Crippen molar-refractivity contribution in [1.82, 2.24) is 0 Å². The molecule has 0 aliphatic heterocycles. The van der Waals surface area contributed by atoms with Crippen molar-refractivity contribution in [2.24, 2.45) is 0 Å². The summed E-state index contributed by atoms with van der Waals surface area (Å²) >= 11 is 0. The van der Waals surface area contributed by atoms with Crippen LogP contribution >= 0.6 is 7.82 Å². The van der Waals surface area contributed by atoms with E-state index in [1.807, 2.05) is 0 Å². The van der Waals surface area contributed by atoms with Gasteiger partial charge in [-0.1, -0.05) is 168 Å². The number of esters is 2. The molecule has 0 fully saturated rings. The Balaban J connectivity index is 4.21. The fourth-order valence-corrected chi connectivity index (χ4v) is 6.43. The summed E-state index contributed by atoms with van der Waals surface area (Å²) in [5.41, 5.74) is 0. The Bertz CT molecular complexity index is 796. The molecule has 0 rings (SSSR count). The Labute approximate surface area is 299 Å². The highest BCUT2D eigenvalue weighted by Gasteiger charge is 2.27. The predicted molar refractivity (Wildman–Crippen MR) is 196 cm³/mol. The summed E-state index contributed by atoms with van der Waals surface area (Å²) in [6, 6.07) is 0. The number of rotatable bonds is 38. The molecule has 0 spiro atoms. The smallest absolute Gasteiger partial charge is 0.462 e. The molecule has 0 aliphatic rings. The fourth-order valence-electron chi connectivity index (χ4n) is 5.64. The second-order valence-electron chi connectivity index (χ2n) is 13.7. The van der Waals surface area contributed by atoms with E-state index in [1.54, 1.807) is 0 Å². The molecule has 1 unspecified atom stereocenters. The summed E-state index contributed by atoms with van der Waals surface area (Å²) in [6.45, 7) is 2.36. The molecule has 292 valence electrons. The number of ether oxygens (including phenoxy) is 2. The third-order valence-corrected chi connectivity index (χ3v) is 9.71. The summed E-state index contributed by atoms with van der Waals surface area (Å²) in [5, 5.41) is 18.3. The van der Waals surface area contributed by atoms with Crippen LogP contribution < -0.4 is 0 Å². The number of phosphoric acid groups is 1. The van der Waals surface area contributed by atoms with Gasteiger partial charge in [-0.15, -0.1) is 0 Å². The van der Waals surface area contributed by atoms with E-state index in [0.717, 1.165) is 38.5 Å². The molecular weight excluding hydrogens is 647 g/mol. The largest absolute Gasteiger partial charge is 0.472 e. The van der Waals surface area contributed by atoms with Crippen molar-refractivity contribution in [2.75, 3.05) is 26.4 Å². The van der Waals surface area contributed by atoms with Gasteiger partial charge in [-0.05, 0) is 12.8 Å². The van der Waals surface area contributed by atoms with Gasteiger partial charge in [-0.25, -0.2) is 4.57 Å². The molecule has 0 saturated carbocycles. The second-order valence-corrected chi connectivity index (χ2v) is 15.1. The molecule has 11 heteroatoms. The van der Waals surface area contributed by atoms with Gasteiger partial charge in [0.2, 0.25) is 0 Å². The minimum Gasteiger partial charge on any atom is -0.462 e. The first-order chi connectivity index (χ1) is 23.7. The van der Waals surface area contributed by atoms with Crippen molar-refractivity contribution in [3.63, 3.8) is 0 Å². The lowest BCUT2D eigenvalue weighted by Gasteiger charge is -2.20. The molecule has 0 radical (unpaired) electrons. The van der Waals surface area contributed by atoms with E-state index in [-0.39, 0.29) is 19.4 Å². The number of unbranched alkanes of at least 4 members (excludes halogenated alkanes) is 24. The molecule has 0 aliphatic carbocycles. The first kappa shape index (κ1) is 48.0. The van der Waals surface area contributed by atoms with Crippen LogP contribution in [0.2, 0.25) is 0 Å². The highest BCUT2D eigenvalue weighted by molar-refractivity contribution is 7.47. The lowest BCUT2D eigenvalue weighted by molar-refractivity contribution is -0.161. The molecule has 0 amide bonds. The summed E-state index contributed by atoms with van der Waals surface area (Å²) in [6.07, 6.45) is 29.4. The van der Waals surface area contributed by atoms with E-state index in [2.05, 4.69) is 18.4 Å². The van der Waals surface area contributed by atoms with Gasteiger partial charge in [0.25, 0.3) is 0 Å². The summed E-state index contributed by atoms with van der Waals surface area (Å²) < 4.78 is 32.5. The molecule has 0 heterocycles. The van der Waals surface area contributed by atoms with Crippen LogP contribution in [0.5, 0.6) is 0 Å². The van der Waals surface area contributed by atoms with E-state index in [9.17, 15) is 24.2 Å². The Morgan fingerprint density at radius 3 is 1.27 bits per heavy atom. The van der Waals surface area contributed by atoms with Crippen LogP contribution in [0.3, 0.4) is 0 Å². The molecule has 3 N–H and O–H groups in total. The first-order valence-corrected chi connectivity index (χ1v) is 21.5. The lowest BCUT2D eigenvalue weighted by atomic mass is 10.0. The number of aliphatic hydroxyl groups is 2. The SMILES string of the molecule is CCCCCCCCCCCCCCCCCCCCC(=O)O[C@H](COC(=O)CCCCCCCCCC)COP(=O)(O)OC[C@@H](O)CO. The zero-order chi connectivity index (χ0) is 36.3. The molecule has 3 atom stereocenters. The number of carbonyl (C=O) groups excluding carboxylic acids is 2. The maximum Gasteiger partial charge on any atom is 0.472 e. The van der Waals surface area contributed by atoms with Crippen LogP contribution in [0.15, 0.2) is 0 Å². The van der Waals surface area contributed by atoms with Gasteiger partial charge in [-0.3, -0.25) is 18.6 Å². The predicted octanol–water partition coefficient (Wildman–Crippen LogP) is 9.89. The average Bonchev–Trinajstić information content (AvgIpc) is 3.09. The van der Waals surface area contributed by atoms with Gasteiger partial charge in [0.05, 0.1) is 19.8 Å². The van der Waals surface area contributed by atoms with E-state index in [0.29, 0.717) is 12.8 Å². The molecule has 0 aromatic carbocycles. The summed E-state index contributed by atoms with van der Waals surface area (Å²) in [5.74, 6) is -0.918. The van der Waals surface area contributed by atoms with Crippen molar-refractivity contribution in [1.29, 1.82) is 0 Å². The van der Waals surface area contributed by atoms with Gasteiger partial charge in [0.1, 0.15) is 12.7 Å². The Kier molecular flexibility index (Phi) is 34.6. The number of hydrogen-bond acceptors (Lipinski definition) is 9. The van der Waals surface area contributed by atoms with E-state index in [1.165, 1.54) is 116 Å². The van der Waals surface area contributed by atoms with Gasteiger partial charge in [-0.2, -0.15) is 0 Å². The molecular formula is C38H75O10P. The van der Waals surface area contributed by atoms with Crippen molar-refractivity contribution in [2.45, 2.75) is 206 Å². The second kappa shape index (κ2) is 35.4. The molecule has 0 bridgehead atoms. The van der Waals surface area contributed by atoms with Gasteiger partial charge in [0.15, 0.2) is 6.10 Å². The monoisotopic (exact) mass is 723 g/mol. The van der Waals surface area contributed by atoms with Crippen LogP contribution in [0.25, 0.3) is 0 Å². The zero-order valence-electron chi connectivity index (χ0n) is 31.4. The molecule has 0 saturated heterocycles. The average molecular weight is 723 g/mol. The van der Waals surface area contributed by atoms with Gasteiger partial charge in [0, 0.05) is 12.8 Å². The third kappa shape index (κ3) is 35.2. The molecule has 0 aromatic rings. The van der Waals surface area contributed by atoms with Crippen LogP contribution in [-0.4, -0.2) is 65.7 Å². The van der Waals surface area contributed by atoms with E-state index >= 15 is 0 Å². The number of hydrogen-bond donors (Lipinski definition) is 3. The minimum absolute atomic E-state index is 0.192. The highest BCUT2D eigenvalue weighted by atomic mass is 31.2. The number of aliphatic hydroxyl groups excluding tert-OH is 2. The molecule has 10 nitrogen and oxygen atoms in total. The summed E-state index contributed by atoms with van der Waals surface area (Å²) in [7, 11) is -4.60. The molecule has 49 heavy (non-hydrogen) atoms. The highest BCUT2D eigenvalue weighted by Crippen LogP contribution is 2.43. The lowest BCUT2D eigenvalue weighted by Crippen LogP contribution is -2.29.